The van der Waals surface area contributed by atoms with Crippen molar-refractivity contribution >= 4 is 0 Å². The Morgan fingerprint density at radius 3 is 2.44 bits per heavy atom. The van der Waals surface area contributed by atoms with E-state index in [0.717, 1.165) is 24.9 Å². The van der Waals surface area contributed by atoms with Crippen molar-refractivity contribution in [1.82, 2.24) is 4.90 Å². The minimum Gasteiger partial charge on any atom is -0.327 e. The molecule has 1 rings (SSSR count). The van der Waals surface area contributed by atoms with E-state index in [9.17, 15) is 0 Å². The maximum atomic E-state index is 6.10. The van der Waals surface area contributed by atoms with Crippen molar-refractivity contribution in [1.29, 1.82) is 0 Å². The van der Waals surface area contributed by atoms with E-state index in [2.05, 4.69) is 32.7 Å². The van der Waals surface area contributed by atoms with Crippen LogP contribution in [0.25, 0.3) is 0 Å². The number of hydrogen-bond acceptors (Lipinski definition) is 2. The standard InChI is InChI=1S/C14H30N2/c1-11(2)13(15)9-10-16(4)14-8-6-5-7-12(14)3/h11-14H,5-10,15H2,1-4H3. The summed E-state index contributed by atoms with van der Waals surface area (Å²) in [6, 6.07) is 1.16. The second kappa shape index (κ2) is 6.61. The van der Waals surface area contributed by atoms with Crippen LogP contribution in [0, 0.1) is 11.8 Å². The minimum absolute atomic E-state index is 0.362. The maximum absolute atomic E-state index is 6.10. The van der Waals surface area contributed by atoms with Crippen molar-refractivity contribution in [2.24, 2.45) is 17.6 Å². The lowest BCUT2D eigenvalue weighted by Gasteiger charge is -2.37. The Balaban J connectivity index is 2.30. The van der Waals surface area contributed by atoms with Crippen LogP contribution < -0.4 is 5.73 Å². The second-order valence-corrected chi connectivity index (χ2v) is 6.01. The molecular weight excluding hydrogens is 196 g/mol. The molecule has 16 heavy (non-hydrogen) atoms. The van der Waals surface area contributed by atoms with Gasteiger partial charge in [0.2, 0.25) is 0 Å². The molecule has 0 radical (unpaired) electrons. The van der Waals surface area contributed by atoms with Gasteiger partial charge in [-0.25, -0.2) is 0 Å². The summed E-state index contributed by atoms with van der Waals surface area (Å²) in [5.41, 5.74) is 6.10. The summed E-state index contributed by atoms with van der Waals surface area (Å²) in [5, 5.41) is 0. The molecule has 0 bridgehead atoms. The summed E-state index contributed by atoms with van der Waals surface area (Å²) in [6.45, 7) is 8.00. The molecular formula is C14H30N2. The molecule has 0 heterocycles. The largest absolute Gasteiger partial charge is 0.327 e. The Morgan fingerprint density at radius 1 is 1.25 bits per heavy atom. The van der Waals surface area contributed by atoms with Crippen molar-refractivity contribution in [3.8, 4) is 0 Å². The number of nitrogens with zero attached hydrogens (tertiary/aromatic N) is 1. The summed E-state index contributed by atoms with van der Waals surface area (Å²) in [4.78, 5) is 2.55. The van der Waals surface area contributed by atoms with Crippen LogP contribution in [0.15, 0.2) is 0 Å². The van der Waals surface area contributed by atoms with Gasteiger partial charge in [-0.15, -0.1) is 0 Å². The first-order valence-corrected chi connectivity index (χ1v) is 6.98. The van der Waals surface area contributed by atoms with Crippen LogP contribution in [-0.2, 0) is 0 Å². The van der Waals surface area contributed by atoms with Crippen LogP contribution in [0.4, 0.5) is 0 Å². The van der Waals surface area contributed by atoms with Crippen molar-refractivity contribution < 1.29 is 0 Å². The molecule has 0 aromatic heterocycles. The highest BCUT2D eigenvalue weighted by Crippen LogP contribution is 2.27. The third kappa shape index (κ3) is 4.06. The van der Waals surface area contributed by atoms with E-state index in [4.69, 9.17) is 5.73 Å². The van der Waals surface area contributed by atoms with Crippen LogP contribution >= 0.6 is 0 Å². The summed E-state index contributed by atoms with van der Waals surface area (Å²) >= 11 is 0. The van der Waals surface area contributed by atoms with Crippen LogP contribution in [0.2, 0.25) is 0 Å². The van der Waals surface area contributed by atoms with Gasteiger partial charge in [0.25, 0.3) is 0 Å². The first kappa shape index (κ1) is 14.0. The summed E-state index contributed by atoms with van der Waals surface area (Å²) in [7, 11) is 2.28. The van der Waals surface area contributed by atoms with Crippen LogP contribution in [0.3, 0.4) is 0 Å². The van der Waals surface area contributed by atoms with Gasteiger partial charge in [0.15, 0.2) is 0 Å². The smallest absolute Gasteiger partial charge is 0.0118 e. The average molecular weight is 226 g/mol. The first-order valence-electron chi connectivity index (χ1n) is 6.98. The second-order valence-electron chi connectivity index (χ2n) is 6.01. The molecule has 2 heteroatoms. The number of rotatable bonds is 5. The normalized spacial score (nSPS) is 28.7. The molecule has 0 aromatic rings. The van der Waals surface area contributed by atoms with Gasteiger partial charge in [-0.1, -0.05) is 33.6 Å². The van der Waals surface area contributed by atoms with Crippen molar-refractivity contribution in [3.63, 3.8) is 0 Å². The Labute approximate surface area is 102 Å². The van der Waals surface area contributed by atoms with E-state index < -0.39 is 0 Å². The van der Waals surface area contributed by atoms with Gasteiger partial charge in [-0.2, -0.15) is 0 Å². The summed E-state index contributed by atoms with van der Waals surface area (Å²) in [5.74, 6) is 1.48. The Kier molecular flexibility index (Phi) is 5.77. The van der Waals surface area contributed by atoms with Crippen molar-refractivity contribution in [3.05, 3.63) is 0 Å². The highest BCUT2D eigenvalue weighted by Gasteiger charge is 2.24. The van der Waals surface area contributed by atoms with Gasteiger partial charge >= 0.3 is 0 Å². The zero-order valence-corrected chi connectivity index (χ0v) is 11.6. The lowest BCUT2D eigenvalue weighted by molar-refractivity contribution is 0.134. The van der Waals surface area contributed by atoms with Gasteiger partial charge in [0.1, 0.15) is 0 Å². The zero-order valence-electron chi connectivity index (χ0n) is 11.6. The van der Waals surface area contributed by atoms with E-state index in [1.54, 1.807) is 0 Å². The summed E-state index contributed by atoms with van der Waals surface area (Å²) < 4.78 is 0. The van der Waals surface area contributed by atoms with Crippen LogP contribution in [0.5, 0.6) is 0 Å². The quantitative estimate of drug-likeness (QED) is 0.781. The third-order valence-corrected chi connectivity index (χ3v) is 4.30. The van der Waals surface area contributed by atoms with E-state index in [1.165, 1.54) is 25.7 Å². The number of hydrogen-bond donors (Lipinski definition) is 1. The molecule has 1 aliphatic carbocycles. The zero-order chi connectivity index (χ0) is 12.1. The number of nitrogens with two attached hydrogens (primary N) is 1. The van der Waals surface area contributed by atoms with Gasteiger partial charge in [-0.3, -0.25) is 0 Å². The van der Waals surface area contributed by atoms with E-state index in [-0.39, 0.29) is 0 Å². The molecule has 0 aromatic carbocycles. The molecule has 1 saturated carbocycles. The highest BCUT2D eigenvalue weighted by molar-refractivity contribution is 4.80. The van der Waals surface area contributed by atoms with Crippen LogP contribution in [0.1, 0.15) is 52.9 Å². The average Bonchev–Trinajstić information content (AvgIpc) is 2.25. The lowest BCUT2D eigenvalue weighted by atomic mass is 9.85. The van der Waals surface area contributed by atoms with Gasteiger partial charge in [0, 0.05) is 12.1 Å². The first-order chi connectivity index (χ1) is 7.52. The Hall–Kier alpha value is -0.0800. The molecule has 3 atom stereocenters. The topological polar surface area (TPSA) is 29.3 Å². The molecule has 1 fully saturated rings. The van der Waals surface area contributed by atoms with Gasteiger partial charge in [-0.05, 0) is 44.7 Å². The van der Waals surface area contributed by atoms with Gasteiger partial charge < -0.3 is 10.6 Å². The Morgan fingerprint density at radius 2 is 1.88 bits per heavy atom. The fourth-order valence-corrected chi connectivity index (χ4v) is 2.80. The molecule has 0 spiro atoms. The van der Waals surface area contributed by atoms with Crippen molar-refractivity contribution in [2.45, 2.75) is 65.0 Å². The van der Waals surface area contributed by atoms with Crippen LogP contribution in [-0.4, -0.2) is 30.6 Å². The lowest BCUT2D eigenvalue weighted by Crippen LogP contribution is -2.41. The summed E-state index contributed by atoms with van der Waals surface area (Å²) in [6.07, 6.45) is 6.77. The molecule has 0 aliphatic heterocycles. The Bertz CT molecular complexity index is 191. The minimum atomic E-state index is 0.362. The van der Waals surface area contributed by atoms with Gasteiger partial charge in [0.05, 0.1) is 0 Å². The fourth-order valence-electron chi connectivity index (χ4n) is 2.80. The van der Waals surface area contributed by atoms with E-state index >= 15 is 0 Å². The molecule has 0 amide bonds. The molecule has 3 unspecified atom stereocenters. The predicted molar refractivity (Wildman–Crippen MR) is 71.5 cm³/mol. The van der Waals surface area contributed by atoms with E-state index in [1.807, 2.05) is 0 Å². The third-order valence-electron chi connectivity index (χ3n) is 4.30. The molecule has 1 aliphatic rings. The fraction of sp³-hybridized carbons (Fsp3) is 1.00. The van der Waals surface area contributed by atoms with Crippen molar-refractivity contribution in [2.75, 3.05) is 13.6 Å². The monoisotopic (exact) mass is 226 g/mol. The molecule has 96 valence electrons. The molecule has 0 saturated heterocycles. The molecule has 2 nitrogen and oxygen atoms in total. The SMILES string of the molecule is CC(C)C(N)CCN(C)C1CCCCC1C. The highest BCUT2D eigenvalue weighted by atomic mass is 15.1. The predicted octanol–water partition coefficient (Wildman–Crippen LogP) is 2.87. The molecule has 2 N–H and O–H groups in total. The van der Waals surface area contributed by atoms with E-state index in [0.29, 0.717) is 12.0 Å². The maximum Gasteiger partial charge on any atom is 0.0118 e.